The second kappa shape index (κ2) is 13.2. The number of fused-ring (bicyclic) bond motifs is 1. The fourth-order valence-corrected chi connectivity index (χ4v) is 6.66. The van der Waals surface area contributed by atoms with Gasteiger partial charge in [0.15, 0.2) is 0 Å². The van der Waals surface area contributed by atoms with Crippen LogP contribution in [0.2, 0.25) is 0 Å². The molecule has 0 saturated carbocycles. The van der Waals surface area contributed by atoms with Crippen LogP contribution in [0.1, 0.15) is 48.8 Å². The number of carbonyl (C=O) groups excluding carboxylic acids is 2. The SMILES string of the molecule is CC(N[P@@](=O)(Oc1ccccc1)C(F)c1ccc2sc(C(=O)Oc3c(F)c(F)c(F)c(F)c3F)cc2c1)C(=O)OCC(C)(C)C. The summed E-state index contributed by atoms with van der Waals surface area (Å²) in [4.78, 5) is 24.9. The molecule has 2 unspecified atom stereocenters. The Morgan fingerprint density at radius 3 is 2.11 bits per heavy atom. The van der Waals surface area contributed by atoms with E-state index in [1.807, 2.05) is 20.8 Å². The number of carbonyl (C=O) groups is 2. The number of thiophene rings is 1. The van der Waals surface area contributed by atoms with Crippen LogP contribution in [0.3, 0.4) is 0 Å². The van der Waals surface area contributed by atoms with Crippen LogP contribution in [-0.4, -0.2) is 24.6 Å². The van der Waals surface area contributed by atoms with E-state index in [0.717, 1.165) is 17.4 Å². The third-order valence-electron chi connectivity index (χ3n) is 6.04. The average Bonchev–Trinajstić information content (AvgIpc) is 3.43. The Hall–Kier alpha value is -3.87. The lowest BCUT2D eigenvalue weighted by Gasteiger charge is -2.27. The molecular weight excluding hydrogens is 647 g/mol. The van der Waals surface area contributed by atoms with Crippen LogP contribution in [-0.2, 0) is 14.1 Å². The molecule has 3 atom stereocenters. The summed E-state index contributed by atoms with van der Waals surface area (Å²) >= 11 is 0.720. The lowest BCUT2D eigenvalue weighted by atomic mass is 9.99. The molecule has 1 N–H and O–H groups in total. The van der Waals surface area contributed by atoms with Gasteiger partial charge in [-0.1, -0.05) is 45.0 Å². The van der Waals surface area contributed by atoms with Crippen molar-refractivity contribution in [2.24, 2.45) is 5.41 Å². The zero-order valence-corrected chi connectivity index (χ0v) is 25.8. The highest BCUT2D eigenvalue weighted by atomic mass is 32.1. The van der Waals surface area contributed by atoms with Crippen LogP contribution >= 0.6 is 18.9 Å². The molecule has 0 aliphatic carbocycles. The predicted molar refractivity (Wildman–Crippen MR) is 155 cm³/mol. The van der Waals surface area contributed by atoms with Gasteiger partial charge in [0.2, 0.25) is 40.7 Å². The molecule has 1 aromatic heterocycles. The third-order valence-corrected chi connectivity index (χ3v) is 9.26. The van der Waals surface area contributed by atoms with Crippen molar-refractivity contribution in [3.05, 3.63) is 94.1 Å². The monoisotopic (exact) mass is 673 g/mol. The van der Waals surface area contributed by atoms with E-state index in [9.17, 15) is 36.1 Å². The van der Waals surface area contributed by atoms with Crippen molar-refractivity contribution < 1.29 is 54.5 Å². The predicted octanol–water partition coefficient (Wildman–Crippen LogP) is 8.62. The van der Waals surface area contributed by atoms with Gasteiger partial charge in [-0.25, -0.2) is 27.4 Å². The van der Waals surface area contributed by atoms with E-state index in [2.05, 4.69) is 9.82 Å². The summed E-state index contributed by atoms with van der Waals surface area (Å²) in [5.74, 6) is -18.0. The maximum absolute atomic E-state index is 16.2. The Morgan fingerprint density at radius 1 is 0.911 bits per heavy atom. The molecular formula is C30H26F6NO6PS. The molecule has 4 aromatic rings. The number of para-hydroxylation sites is 1. The minimum absolute atomic E-state index is 0.0426. The zero-order chi connectivity index (χ0) is 33.3. The van der Waals surface area contributed by atoms with Crippen molar-refractivity contribution in [2.45, 2.75) is 39.6 Å². The number of alkyl halides is 1. The normalized spacial score (nSPS) is 14.4. The quantitative estimate of drug-likeness (QED) is 0.0450. The Morgan fingerprint density at radius 2 is 1.51 bits per heavy atom. The van der Waals surface area contributed by atoms with E-state index in [1.165, 1.54) is 37.3 Å². The Bertz CT molecular complexity index is 1770. The molecule has 7 nitrogen and oxygen atoms in total. The molecule has 15 heteroatoms. The highest BCUT2D eigenvalue weighted by molar-refractivity contribution is 7.57. The van der Waals surface area contributed by atoms with Crippen LogP contribution in [0.15, 0.2) is 54.6 Å². The molecule has 0 fully saturated rings. The van der Waals surface area contributed by atoms with Gasteiger partial charge in [-0.3, -0.25) is 9.36 Å². The number of esters is 2. The zero-order valence-electron chi connectivity index (χ0n) is 24.1. The van der Waals surface area contributed by atoms with E-state index in [1.54, 1.807) is 18.2 Å². The Balaban J connectivity index is 1.62. The molecule has 4 rings (SSSR count). The summed E-state index contributed by atoms with van der Waals surface area (Å²) in [5, 5.41) is 2.64. The molecule has 0 radical (unpaired) electrons. The molecule has 0 spiro atoms. The number of nitrogens with one attached hydrogen (secondary N) is 1. The minimum Gasteiger partial charge on any atom is -0.464 e. The first-order valence-corrected chi connectivity index (χ1v) is 15.7. The number of ether oxygens (including phenoxy) is 2. The van der Waals surface area contributed by atoms with E-state index in [4.69, 9.17) is 9.26 Å². The van der Waals surface area contributed by atoms with Gasteiger partial charge in [-0.05, 0) is 53.6 Å². The molecule has 0 aliphatic rings. The van der Waals surface area contributed by atoms with Crippen molar-refractivity contribution >= 4 is 40.9 Å². The summed E-state index contributed by atoms with van der Waals surface area (Å²) in [7, 11) is -4.58. The minimum atomic E-state index is -4.58. The van der Waals surface area contributed by atoms with Crippen LogP contribution in [0.5, 0.6) is 11.5 Å². The number of hydrogen-bond acceptors (Lipinski definition) is 7. The molecule has 0 amide bonds. The van der Waals surface area contributed by atoms with Crippen molar-refractivity contribution in [3.8, 4) is 11.5 Å². The largest absolute Gasteiger partial charge is 0.464 e. The molecule has 0 bridgehead atoms. The third kappa shape index (κ3) is 7.69. The van der Waals surface area contributed by atoms with E-state index >= 15 is 4.39 Å². The summed E-state index contributed by atoms with van der Waals surface area (Å²) in [6.07, 6.45) is 0. The van der Waals surface area contributed by atoms with Crippen molar-refractivity contribution in [1.29, 1.82) is 0 Å². The summed E-state index contributed by atoms with van der Waals surface area (Å²) < 4.78 is 114. The molecule has 0 saturated heterocycles. The van der Waals surface area contributed by atoms with Crippen LogP contribution < -0.4 is 14.3 Å². The standard InChI is InChI=1S/C30H26F6NO6PS/c1-15(28(38)41-14-30(2,3)4)37-44(40,43-18-8-6-5-7-9-18)27(36)16-10-11-19-17(12-16)13-20(45-19)29(39)42-26-24(34)22(32)21(31)23(33)25(26)35/h5-13,15,27H,14H2,1-4H3,(H,37,40)/t15?,27?,44-/m0/s1. The van der Waals surface area contributed by atoms with Gasteiger partial charge in [-0.15, -0.1) is 11.3 Å². The topological polar surface area (TPSA) is 90.9 Å². The summed E-state index contributed by atoms with van der Waals surface area (Å²) in [6.45, 7) is 6.89. The fraction of sp³-hybridized carbons (Fsp3) is 0.267. The smallest absolute Gasteiger partial charge is 0.355 e. The molecule has 45 heavy (non-hydrogen) atoms. The number of benzene rings is 3. The molecule has 3 aromatic carbocycles. The van der Waals surface area contributed by atoms with Gasteiger partial charge < -0.3 is 14.0 Å². The molecule has 0 aliphatic heterocycles. The molecule has 240 valence electrons. The Labute approximate surface area is 257 Å². The van der Waals surface area contributed by atoms with Crippen LogP contribution in [0.25, 0.3) is 10.1 Å². The van der Waals surface area contributed by atoms with Gasteiger partial charge in [0.25, 0.3) is 0 Å². The lowest BCUT2D eigenvalue weighted by molar-refractivity contribution is -0.148. The molecule has 1 heterocycles. The average molecular weight is 674 g/mol. The second-order valence-corrected chi connectivity index (χ2v) is 14.2. The van der Waals surface area contributed by atoms with Crippen molar-refractivity contribution in [3.63, 3.8) is 0 Å². The van der Waals surface area contributed by atoms with Crippen molar-refractivity contribution in [2.75, 3.05) is 6.61 Å². The number of halogens is 6. The number of hydrogen-bond donors (Lipinski definition) is 1. The number of rotatable bonds is 10. The van der Waals surface area contributed by atoms with Gasteiger partial charge in [0, 0.05) is 4.70 Å². The van der Waals surface area contributed by atoms with Gasteiger partial charge >= 0.3 is 19.5 Å². The lowest BCUT2D eigenvalue weighted by Crippen LogP contribution is -2.36. The van der Waals surface area contributed by atoms with E-state index < -0.39 is 66.2 Å². The fourth-order valence-electron chi connectivity index (χ4n) is 3.84. The maximum atomic E-state index is 16.2. The van der Waals surface area contributed by atoms with Crippen molar-refractivity contribution in [1.82, 2.24) is 5.09 Å². The van der Waals surface area contributed by atoms with Crippen LogP contribution in [0.4, 0.5) is 26.3 Å². The maximum Gasteiger partial charge on any atom is 0.355 e. The van der Waals surface area contributed by atoms with Gasteiger partial charge in [-0.2, -0.15) is 8.78 Å². The summed E-state index contributed by atoms with van der Waals surface area (Å²) in [6, 6.07) is 11.4. The van der Waals surface area contributed by atoms with Gasteiger partial charge in [0.1, 0.15) is 16.7 Å². The first kappa shape index (κ1) is 34.0. The van der Waals surface area contributed by atoms with Crippen LogP contribution in [0, 0.1) is 34.5 Å². The first-order chi connectivity index (χ1) is 21.0. The van der Waals surface area contributed by atoms with Gasteiger partial charge in [0.05, 0.1) is 6.61 Å². The highest BCUT2D eigenvalue weighted by Crippen LogP contribution is 2.58. The van der Waals surface area contributed by atoms with E-state index in [0.29, 0.717) is 4.70 Å². The summed E-state index contributed by atoms with van der Waals surface area (Å²) in [5.41, 5.74) is -0.556. The Kier molecular flexibility index (Phi) is 10.0. The second-order valence-electron chi connectivity index (χ2n) is 11.1. The van der Waals surface area contributed by atoms with E-state index in [-0.39, 0.29) is 33.6 Å². The first-order valence-electron chi connectivity index (χ1n) is 13.2. The highest BCUT2D eigenvalue weighted by Gasteiger charge is 2.41.